The SMILES string of the molecule is CC(C)c1ccnc(-c2cccc3c2oc2c[c]([Ge]([CH3])([CH3])[CH3])ccc23)c1.CC(C)c1ccnc(Cl)c1.[CH3][Ge]([CH3])([CH3])[c]1ccc2c(c1)oc1c(B(O)O)cccc12. The molecule has 2 N–H and O–H groups in total. The Labute approximate surface area is 341 Å². The Morgan fingerprint density at radius 2 is 1.07 bits per heavy atom. The summed E-state index contributed by atoms with van der Waals surface area (Å²) >= 11 is 1.90. The van der Waals surface area contributed by atoms with Gasteiger partial charge in [-0.25, -0.2) is 4.98 Å². The summed E-state index contributed by atoms with van der Waals surface area (Å²) in [5.41, 5.74) is 8.32. The van der Waals surface area contributed by atoms with E-state index >= 15 is 0 Å². The molecule has 0 bridgehead atoms. The minimum absolute atomic E-state index is 0.414. The second-order valence-corrected chi connectivity index (χ2v) is 38.8. The van der Waals surface area contributed by atoms with Gasteiger partial charge in [-0.15, -0.1) is 0 Å². The third-order valence-electron chi connectivity index (χ3n) is 10.2. The topological polar surface area (TPSA) is 92.5 Å². The van der Waals surface area contributed by atoms with Gasteiger partial charge in [-0.3, -0.25) is 0 Å². The predicted octanol–water partition coefficient (Wildman–Crippen LogP) is 11.0. The molecule has 8 aromatic rings. The number of hydrogen-bond acceptors (Lipinski definition) is 6. The Bertz CT molecular complexity index is 2640. The third kappa shape index (κ3) is 9.29. The first-order valence-electron chi connectivity index (χ1n) is 19.3. The van der Waals surface area contributed by atoms with E-state index < -0.39 is 33.7 Å². The number of nitrogens with zero attached hydrogens (tertiary/aromatic N) is 2. The van der Waals surface area contributed by atoms with Crippen molar-refractivity contribution in [3.05, 3.63) is 126 Å². The molecule has 0 aliphatic rings. The van der Waals surface area contributed by atoms with Gasteiger partial charge < -0.3 is 0 Å². The molecule has 8 rings (SSSR count). The first kappa shape index (κ1) is 41.8. The molecule has 10 heteroatoms. The van der Waals surface area contributed by atoms with Gasteiger partial charge >= 0.3 is 278 Å². The van der Waals surface area contributed by atoms with Crippen molar-refractivity contribution in [2.45, 2.75) is 74.1 Å². The molecule has 0 aliphatic heterocycles. The molecular weight excluding hydrogens is 836 g/mol. The van der Waals surface area contributed by atoms with Crippen LogP contribution in [0, 0.1) is 0 Å². The van der Waals surface area contributed by atoms with Crippen molar-refractivity contribution >= 4 is 103 Å². The number of para-hydroxylation sites is 2. The van der Waals surface area contributed by atoms with Gasteiger partial charge in [0.05, 0.1) is 0 Å². The van der Waals surface area contributed by atoms with Crippen LogP contribution in [-0.2, 0) is 0 Å². The molecule has 0 aliphatic carbocycles. The summed E-state index contributed by atoms with van der Waals surface area (Å²) in [7, 11) is -1.51. The molecule has 0 radical (unpaired) electrons. The van der Waals surface area contributed by atoms with E-state index in [1.165, 1.54) is 30.7 Å². The van der Waals surface area contributed by atoms with Crippen LogP contribution in [0.2, 0.25) is 39.7 Å². The molecular formula is C46H52BClGe2N2O4. The molecule has 4 aromatic heterocycles. The summed E-state index contributed by atoms with van der Waals surface area (Å²) in [5, 5.41) is 23.8. The number of halogens is 1. The van der Waals surface area contributed by atoms with Gasteiger partial charge in [-0.2, -0.15) is 0 Å². The number of furan rings is 2. The van der Waals surface area contributed by atoms with Crippen LogP contribution in [0.3, 0.4) is 0 Å². The average Bonchev–Trinajstić information content (AvgIpc) is 3.72. The summed E-state index contributed by atoms with van der Waals surface area (Å²) in [6.45, 7) is 8.68. The fourth-order valence-electron chi connectivity index (χ4n) is 6.69. The average molecular weight is 888 g/mol. The molecule has 0 unspecified atom stereocenters. The van der Waals surface area contributed by atoms with Crippen LogP contribution in [0.4, 0.5) is 0 Å². The number of aromatic nitrogens is 2. The van der Waals surface area contributed by atoms with Crippen molar-refractivity contribution < 1.29 is 18.9 Å². The van der Waals surface area contributed by atoms with E-state index in [2.05, 4.69) is 139 Å². The standard InChI is InChI=1S/C23H25GeNO.C15H17BGeO3.C8H10ClN/c1-15(2)16-11-12-25-21(13-16)20-8-6-7-19-18-10-9-17(24(3,4)5)14-22(18)26-23(19)20;1-17(2,3)10-7-8-11-12-5-4-6-13(16(18)19)15(12)20-14(11)9-10;1-6(2)7-3-4-10-8(9)5-7/h6-15H,1-5H3;4-9,18-19H,1-3H3;3-6H,1-2H3. The van der Waals surface area contributed by atoms with Gasteiger partial charge in [0.2, 0.25) is 0 Å². The second-order valence-electron chi connectivity index (χ2n) is 17.1. The zero-order valence-electron chi connectivity index (χ0n) is 34.1. The first-order valence-corrected chi connectivity index (χ1v) is 34.3. The van der Waals surface area contributed by atoms with E-state index in [0.717, 1.165) is 38.8 Å². The summed E-state index contributed by atoms with van der Waals surface area (Å²) in [6.07, 6.45) is 3.63. The van der Waals surface area contributed by atoms with Crippen molar-refractivity contribution in [1.82, 2.24) is 9.97 Å². The Hall–Kier alpha value is -3.86. The summed E-state index contributed by atoms with van der Waals surface area (Å²) in [5.74, 6) is 15.3. The maximum atomic E-state index is 9.44. The van der Waals surface area contributed by atoms with E-state index in [9.17, 15) is 10.0 Å². The minimum atomic E-state index is -1.90. The van der Waals surface area contributed by atoms with Crippen LogP contribution in [0.5, 0.6) is 0 Å². The number of pyridine rings is 2. The summed E-state index contributed by atoms with van der Waals surface area (Å²) in [6, 6.07) is 33.1. The third-order valence-corrected chi connectivity index (χ3v) is 19.0. The van der Waals surface area contributed by atoms with Gasteiger partial charge in [-0.1, -0.05) is 25.4 Å². The molecule has 6 nitrogen and oxygen atoms in total. The van der Waals surface area contributed by atoms with Gasteiger partial charge in [-0.05, 0) is 23.6 Å². The van der Waals surface area contributed by atoms with Crippen LogP contribution in [0.25, 0.3) is 55.1 Å². The van der Waals surface area contributed by atoms with Gasteiger partial charge in [0.25, 0.3) is 0 Å². The molecule has 4 aromatic carbocycles. The Morgan fingerprint density at radius 3 is 1.57 bits per heavy atom. The van der Waals surface area contributed by atoms with Crippen LogP contribution in [0.15, 0.2) is 118 Å². The summed E-state index contributed by atoms with van der Waals surface area (Å²) in [4.78, 5) is 8.51. The van der Waals surface area contributed by atoms with Crippen LogP contribution in [-0.4, -0.2) is 53.7 Å². The zero-order chi connectivity index (χ0) is 40.5. The van der Waals surface area contributed by atoms with Crippen molar-refractivity contribution in [2.24, 2.45) is 0 Å². The molecule has 0 atom stereocenters. The van der Waals surface area contributed by atoms with Gasteiger partial charge in [0.15, 0.2) is 0 Å². The van der Waals surface area contributed by atoms with Crippen LogP contribution in [0.1, 0.15) is 50.7 Å². The quantitative estimate of drug-likeness (QED) is 0.128. The van der Waals surface area contributed by atoms with Crippen molar-refractivity contribution in [3.8, 4) is 11.3 Å². The molecule has 288 valence electrons. The van der Waals surface area contributed by atoms with E-state index in [-0.39, 0.29) is 0 Å². The van der Waals surface area contributed by atoms with Crippen molar-refractivity contribution in [2.75, 3.05) is 0 Å². The molecule has 0 saturated heterocycles. The van der Waals surface area contributed by atoms with E-state index in [1.807, 2.05) is 30.5 Å². The number of rotatable bonds is 6. The Kier molecular flexibility index (Phi) is 12.6. The van der Waals surface area contributed by atoms with E-state index in [0.29, 0.717) is 28.0 Å². The monoisotopic (exact) mass is 890 g/mol. The summed E-state index contributed by atoms with van der Waals surface area (Å²) < 4.78 is 15.1. The van der Waals surface area contributed by atoms with Gasteiger partial charge in [0, 0.05) is 6.20 Å². The second kappa shape index (κ2) is 16.9. The molecule has 4 heterocycles. The zero-order valence-corrected chi connectivity index (χ0v) is 39.1. The molecule has 56 heavy (non-hydrogen) atoms. The number of fused-ring (bicyclic) bond motifs is 6. The molecule has 0 spiro atoms. The van der Waals surface area contributed by atoms with Crippen LogP contribution < -0.4 is 14.3 Å². The number of hydrogen-bond donors (Lipinski definition) is 2. The fourth-order valence-corrected chi connectivity index (χ4v) is 11.7. The Morgan fingerprint density at radius 1 is 0.571 bits per heavy atom. The maximum absolute atomic E-state index is 9.44. The Balaban J connectivity index is 0.000000156. The van der Waals surface area contributed by atoms with Crippen LogP contribution >= 0.6 is 11.6 Å². The molecule has 0 fully saturated rings. The van der Waals surface area contributed by atoms with E-state index in [4.69, 9.17) is 20.4 Å². The fraction of sp³-hybridized carbons (Fsp3) is 0.261. The predicted molar refractivity (Wildman–Crippen MR) is 244 cm³/mol. The number of benzene rings is 4. The molecule has 0 amide bonds. The van der Waals surface area contributed by atoms with Crippen molar-refractivity contribution in [3.63, 3.8) is 0 Å². The van der Waals surface area contributed by atoms with Gasteiger partial charge in [0.1, 0.15) is 5.15 Å². The molecule has 0 saturated carbocycles. The van der Waals surface area contributed by atoms with E-state index in [1.54, 1.807) is 12.3 Å². The first-order chi connectivity index (χ1) is 26.4. The van der Waals surface area contributed by atoms with Crippen molar-refractivity contribution in [1.29, 1.82) is 0 Å². The normalized spacial score (nSPS) is 12.0.